The largest absolute Gasteiger partial charge is 0.274 e. The van der Waals surface area contributed by atoms with Crippen molar-refractivity contribution in [1.29, 1.82) is 0 Å². The van der Waals surface area contributed by atoms with Crippen LogP contribution in [-0.4, -0.2) is 10.8 Å². The van der Waals surface area contributed by atoms with Crippen molar-refractivity contribution in [3.63, 3.8) is 0 Å². The first-order valence-electron chi connectivity index (χ1n) is 5.18. The molecule has 1 heterocycles. The van der Waals surface area contributed by atoms with Gasteiger partial charge in [0.05, 0.1) is 10.6 Å². The van der Waals surface area contributed by atoms with Gasteiger partial charge in [0.2, 0.25) is 5.91 Å². The molecular formula is C12H10N2O3S. The van der Waals surface area contributed by atoms with E-state index in [1.165, 1.54) is 35.3 Å². The van der Waals surface area contributed by atoms with Crippen molar-refractivity contribution in [3.05, 3.63) is 51.9 Å². The molecule has 6 heteroatoms. The number of benzene rings is 1. The van der Waals surface area contributed by atoms with Crippen molar-refractivity contribution in [2.75, 3.05) is 4.90 Å². The highest BCUT2D eigenvalue weighted by atomic mass is 32.1. The minimum absolute atomic E-state index is 0.00781. The van der Waals surface area contributed by atoms with E-state index < -0.39 is 4.92 Å². The molecule has 5 nitrogen and oxygen atoms in total. The van der Waals surface area contributed by atoms with E-state index in [-0.39, 0.29) is 11.6 Å². The summed E-state index contributed by atoms with van der Waals surface area (Å²) < 4.78 is 0. The third-order valence-electron chi connectivity index (χ3n) is 2.36. The highest BCUT2D eigenvalue weighted by molar-refractivity contribution is 7.14. The zero-order chi connectivity index (χ0) is 13.1. The van der Waals surface area contributed by atoms with Gasteiger partial charge < -0.3 is 0 Å². The van der Waals surface area contributed by atoms with Gasteiger partial charge in [-0.2, -0.15) is 0 Å². The molecule has 0 aliphatic carbocycles. The number of hydrogen-bond donors (Lipinski definition) is 0. The quantitative estimate of drug-likeness (QED) is 0.629. The van der Waals surface area contributed by atoms with Crippen molar-refractivity contribution in [1.82, 2.24) is 0 Å². The number of nitro groups is 1. The summed E-state index contributed by atoms with van der Waals surface area (Å²) >= 11 is 1.44. The van der Waals surface area contributed by atoms with Crippen molar-refractivity contribution >= 4 is 33.6 Å². The molecule has 0 atom stereocenters. The van der Waals surface area contributed by atoms with Gasteiger partial charge in [0.25, 0.3) is 5.69 Å². The molecule has 1 aromatic carbocycles. The number of anilines is 2. The number of nitro benzene ring substituents is 1. The molecule has 0 aliphatic rings. The van der Waals surface area contributed by atoms with Crippen molar-refractivity contribution in [3.8, 4) is 0 Å². The first-order valence-corrected chi connectivity index (χ1v) is 6.06. The molecule has 0 N–H and O–H groups in total. The topological polar surface area (TPSA) is 63.5 Å². The number of carbonyl (C=O) groups is 1. The van der Waals surface area contributed by atoms with Gasteiger partial charge in [0, 0.05) is 19.1 Å². The van der Waals surface area contributed by atoms with Gasteiger partial charge in [-0.05, 0) is 29.6 Å². The Hall–Kier alpha value is -2.21. The lowest BCUT2D eigenvalue weighted by molar-refractivity contribution is -0.384. The molecule has 0 bridgehead atoms. The summed E-state index contributed by atoms with van der Waals surface area (Å²) in [7, 11) is 0. The summed E-state index contributed by atoms with van der Waals surface area (Å²) in [5.41, 5.74) is 0.629. The smallest absolute Gasteiger partial charge is 0.269 e. The number of thiophene rings is 1. The van der Waals surface area contributed by atoms with Crippen LogP contribution in [0.2, 0.25) is 0 Å². The van der Waals surface area contributed by atoms with E-state index in [4.69, 9.17) is 0 Å². The summed E-state index contributed by atoms with van der Waals surface area (Å²) in [6, 6.07) is 9.59. The van der Waals surface area contributed by atoms with Crippen molar-refractivity contribution < 1.29 is 9.72 Å². The van der Waals surface area contributed by atoms with Crippen LogP contribution in [0.4, 0.5) is 16.4 Å². The fraction of sp³-hybridized carbons (Fsp3) is 0.0833. The second kappa shape index (κ2) is 4.97. The fourth-order valence-corrected chi connectivity index (χ4v) is 2.38. The molecule has 0 saturated heterocycles. The minimum atomic E-state index is -0.465. The molecule has 0 saturated carbocycles. The molecule has 92 valence electrons. The molecule has 0 unspecified atom stereocenters. The predicted octanol–water partition coefficient (Wildman–Crippen LogP) is 3.34. The first kappa shape index (κ1) is 12.3. The Labute approximate surface area is 107 Å². The zero-order valence-corrected chi connectivity index (χ0v) is 10.4. The van der Waals surface area contributed by atoms with Gasteiger partial charge in [-0.3, -0.25) is 19.8 Å². The lowest BCUT2D eigenvalue weighted by Crippen LogP contribution is -2.21. The van der Waals surface area contributed by atoms with Gasteiger partial charge >= 0.3 is 0 Å². The Bertz CT molecular complexity index is 564. The standard InChI is InChI=1S/C12H10N2O3S/c1-9(15)13(12-3-2-8-18-12)10-4-6-11(7-5-10)14(16)17/h2-8H,1H3. The second-order valence-electron chi connectivity index (χ2n) is 3.58. The Morgan fingerprint density at radius 3 is 2.39 bits per heavy atom. The lowest BCUT2D eigenvalue weighted by atomic mass is 10.2. The highest BCUT2D eigenvalue weighted by Gasteiger charge is 2.16. The van der Waals surface area contributed by atoms with Crippen LogP contribution in [0.25, 0.3) is 0 Å². The van der Waals surface area contributed by atoms with E-state index in [0.717, 1.165) is 5.00 Å². The number of non-ortho nitro benzene ring substituents is 1. The van der Waals surface area contributed by atoms with E-state index in [1.54, 1.807) is 12.1 Å². The Morgan fingerprint density at radius 1 is 1.28 bits per heavy atom. The predicted molar refractivity (Wildman–Crippen MR) is 70.2 cm³/mol. The minimum Gasteiger partial charge on any atom is -0.274 e. The van der Waals surface area contributed by atoms with Crippen LogP contribution >= 0.6 is 11.3 Å². The summed E-state index contributed by atoms with van der Waals surface area (Å²) in [6.07, 6.45) is 0. The average Bonchev–Trinajstić information content (AvgIpc) is 2.83. The maximum atomic E-state index is 11.7. The van der Waals surface area contributed by atoms with Crippen LogP contribution in [0.15, 0.2) is 41.8 Å². The van der Waals surface area contributed by atoms with Crippen LogP contribution in [0, 0.1) is 10.1 Å². The van der Waals surface area contributed by atoms with Crippen LogP contribution in [0.3, 0.4) is 0 Å². The van der Waals surface area contributed by atoms with Gasteiger partial charge in [0.1, 0.15) is 5.00 Å². The number of rotatable bonds is 3. The van der Waals surface area contributed by atoms with E-state index in [0.29, 0.717) is 5.69 Å². The molecule has 0 aliphatic heterocycles. The molecular weight excluding hydrogens is 252 g/mol. The van der Waals surface area contributed by atoms with Crippen molar-refractivity contribution in [2.24, 2.45) is 0 Å². The monoisotopic (exact) mass is 262 g/mol. The molecule has 18 heavy (non-hydrogen) atoms. The number of carbonyl (C=O) groups excluding carboxylic acids is 1. The van der Waals surface area contributed by atoms with Crippen LogP contribution in [-0.2, 0) is 4.79 Å². The van der Waals surface area contributed by atoms with Gasteiger partial charge in [-0.1, -0.05) is 0 Å². The Balaban J connectivity index is 2.38. The SMILES string of the molecule is CC(=O)N(c1ccc([N+](=O)[O-])cc1)c1cccs1. The highest BCUT2D eigenvalue weighted by Crippen LogP contribution is 2.30. The normalized spacial score (nSPS) is 10.1. The number of hydrogen-bond acceptors (Lipinski definition) is 4. The number of amides is 1. The molecule has 0 fully saturated rings. The summed E-state index contributed by atoms with van der Waals surface area (Å²) in [4.78, 5) is 23.3. The summed E-state index contributed by atoms with van der Waals surface area (Å²) in [6.45, 7) is 1.46. The summed E-state index contributed by atoms with van der Waals surface area (Å²) in [5, 5.41) is 13.2. The van der Waals surface area contributed by atoms with Crippen LogP contribution in [0.1, 0.15) is 6.92 Å². The first-order chi connectivity index (χ1) is 8.59. The van der Waals surface area contributed by atoms with Crippen LogP contribution < -0.4 is 4.90 Å². The van der Waals surface area contributed by atoms with E-state index >= 15 is 0 Å². The van der Waals surface area contributed by atoms with E-state index in [1.807, 2.05) is 17.5 Å². The Kier molecular flexibility index (Phi) is 3.38. The maximum Gasteiger partial charge on any atom is 0.269 e. The fourth-order valence-electron chi connectivity index (χ4n) is 1.58. The molecule has 2 rings (SSSR count). The molecule has 2 aromatic rings. The van der Waals surface area contributed by atoms with Gasteiger partial charge in [0.15, 0.2) is 0 Å². The summed E-state index contributed by atoms with van der Waals surface area (Å²) in [5.74, 6) is -0.133. The van der Waals surface area contributed by atoms with Gasteiger partial charge in [-0.25, -0.2) is 0 Å². The maximum absolute atomic E-state index is 11.7. The molecule has 0 spiro atoms. The number of nitrogens with zero attached hydrogens (tertiary/aromatic N) is 2. The Morgan fingerprint density at radius 2 is 1.94 bits per heavy atom. The third kappa shape index (κ3) is 2.38. The van der Waals surface area contributed by atoms with E-state index in [9.17, 15) is 14.9 Å². The molecule has 1 aromatic heterocycles. The average molecular weight is 262 g/mol. The third-order valence-corrected chi connectivity index (χ3v) is 3.21. The molecule has 1 amide bonds. The van der Waals surface area contributed by atoms with E-state index in [2.05, 4.69) is 0 Å². The van der Waals surface area contributed by atoms with Crippen LogP contribution in [0.5, 0.6) is 0 Å². The van der Waals surface area contributed by atoms with Gasteiger partial charge in [-0.15, -0.1) is 11.3 Å². The molecule has 0 radical (unpaired) electrons. The zero-order valence-electron chi connectivity index (χ0n) is 9.57. The van der Waals surface area contributed by atoms with Crippen molar-refractivity contribution in [2.45, 2.75) is 6.92 Å². The second-order valence-corrected chi connectivity index (χ2v) is 4.51. The lowest BCUT2D eigenvalue weighted by Gasteiger charge is -2.18.